The van der Waals surface area contributed by atoms with Crippen LogP contribution in [0.1, 0.15) is 24.6 Å². The molecule has 3 nitrogen and oxygen atoms in total. The fraction of sp³-hybridized carbons (Fsp3) is 0.600. The van der Waals surface area contributed by atoms with Crippen LogP contribution in [-0.2, 0) is 0 Å². The molecule has 0 bridgehead atoms. The molecule has 1 saturated carbocycles. The molecule has 0 amide bonds. The van der Waals surface area contributed by atoms with E-state index in [-0.39, 0.29) is 16.9 Å². The van der Waals surface area contributed by atoms with E-state index in [0.29, 0.717) is 5.82 Å². The number of rotatable bonds is 5. The Kier molecular flexibility index (Phi) is 3.61. The molecule has 1 N–H and O–H groups in total. The molecule has 0 aliphatic heterocycles. The minimum Gasteiger partial charge on any atom is -0.364 e. The fourth-order valence-electron chi connectivity index (χ4n) is 1.34. The van der Waals surface area contributed by atoms with Gasteiger partial charge in [0.1, 0.15) is 16.8 Å². The van der Waals surface area contributed by atoms with Crippen molar-refractivity contribution in [3.05, 3.63) is 17.0 Å². The summed E-state index contributed by atoms with van der Waals surface area (Å²) in [7, 11) is 0. The maximum Gasteiger partial charge on any atom is 0.324 e. The molecule has 0 spiro atoms. The lowest BCUT2D eigenvalue weighted by Crippen LogP contribution is -2.35. The van der Waals surface area contributed by atoms with Gasteiger partial charge in [-0.2, -0.15) is 8.78 Å². The van der Waals surface area contributed by atoms with Gasteiger partial charge in [-0.25, -0.2) is 18.7 Å². The van der Waals surface area contributed by atoms with E-state index in [0.717, 1.165) is 12.8 Å². The first-order chi connectivity index (χ1) is 8.38. The quantitative estimate of drug-likeness (QED) is 0.665. The van der Waals surface area contributed by atoms with Crippen molar-refractivity contribution in [1.29, 1.82) is 0 Å². The van der Waals surface area contributed by atoms with Gasteiger partial charge in [0, 0.05) is 12.0 Å². The highest BCUT2D eigenvalue weighted by molar-refractivity contribution is 6.29. The van der Waals surface area contributed by atoms with Crippen LogP contribution in [-0.4, -0.2) is 28.9 Å². The zero-order valence-corrected chi connectivity index (χ0v) is 9.89. The minimum absolute atomic E-state index is 0.0391. The molecule has 0 saturated heterocycles. The van der Waals surface area contributed by atoms with Crippen LogP contribution in [0.3, 0.4) is 0 Å². The molecule has 100 valence electrons. The second kappa shape index (κ2) is 4.87. The zero-order chi connectivity index (χ0) is 13.3. The van der Waals surface area contributed by atoms with E-state index >= 15 is 0 Å². The number of hydrogen-bond donors (Lipinski definition) is 1. The zero-order valence-electron chi connectivity index (χ0n) is 9.14. The van der Waals surface area contributed by atoms with E-state index in [9.17, 15) is 17.6 Å². The molecule has 0 unspecified atom stereocenters. The lowest BCUT2D eigenvalue weighted by Gasteiger charge is -2.16. The lowest BCUT2D eigenvalue weighted by atomic mass is 10.3. The van der Waals surface area contributed by atoms with Crippen LogP contribution in [0.2, 0.25) is 5.15 Å². The first kappa shape index (κ1) is 13.3. The molecule has 0 atom stereocenters. The summed E-state index contributed by atoms with van der Waals surface area (Å²) in [5, 5.41) is 2.27. The maximum absolute atomic E-state index is 12.7. The number of nitrogens with zero attached hydrogens (tertiary/aromatic N) is 2. The molecular formula is C10H10ClF4N3. The first-order valence-corrected chi connectivity index (χ1v) is 5.70. The monoisotopic (exact) mass is 283 g/mol. The molecular weight excluding hydrogens is 274 g/mol. The number of anilines is 1. The van der Waals surface area contributed by atoms with E-state index in [4.69, 9.17) is 11.6 Å². The Morgan fingerprint density at radius 3 is 2.61 bits per heavy atom. The highest BCUT2D eigenvalue weighted by atomic mass is 35.5. The van der Waals surface area contributed by atoms with Gasteiger partial charge < -0.3 is 5.32 Å². The van der Waals surface area contributed by atoms with Crippen LogP contribution in [0.5, 0.6) is 0 Å². The number of hydrogen-bond acceptors (Lipinski definition) is 3. The van der Waals surface area contributed by atoms with Crippen molar-refractivity contribution in [2.45, 2.75) is 31.1 Å². The van der Waals surface area contributed by atoms with Crippen LogP contribution in [0.25, 0.3) is 0 Å². The second-order valence-electron chi connectivity index (χ2n) is 4.12. The fourth-order valence-corrected chi connectivity index (χ4v) is 1.53. The van der Waals surface area contributed by atoms with Gasteiger partial charge in [0.15, 0.2) is 0 Å². The smallest absolute Gasteiger partial charge is 0.324 e. The second-order valence-corrected chi connectivity index (χ2v) is 4.51. The van der Waals surface area contributed by atoms with Gasteiger partial charge in [0.25, 0.3) is 0 Å². The van der Waals surface area contributed by atoms with Gasteiger partial charge >= 0.3 is 12.3 Å². The van der Waals surface area contributed by atoms with Gasteiger partial charge in [-0.15, -0.1) is 0 Å². The molecule has 8 heteroatoms. The SMILES string of the molecule is FC(F)C(F)(F)CNc1cc(Cl)nc(C2CC2)n1. The summed E-state index contributed by atoms with van der Waals surface area (Å²) in [4.78, 5) is 7.93. The van der Waals surface area contributed by atoms with Crippen LogP contribution in [0, 0.1) is 0 Å². The molecule has 1 aliphatic carbocycles. The van der Waals surface area contributed by atoms with Gasteiger partial charge in [0.2, 0.25) is 0 Å². The number of aromatic nitrogens is 2. The van der Waals surface area contributed by atoms with Gasteiger partial charge in [-0.1, -0.05) is 11.6 Å². The summed E-state index contributed by atoms with van der Waals surface area (Å²) in [6.45, 7) is -1.19. The highest BCUT2D eigenvalue weighted by Crippen LogP contribution is 2.38. The van der Waals surface area contributed by atoms with E-state index in [2.05, 4.69) is 15.3 Å². The predicted molar refractivity (Wildman–Crippen MR) is 58.5 cm³/mol. The maximum atomic E-state index is 12.7. The van der Waals surface area contributed by atoms with E-state index in [1.807, 2.05) is 0 Å². The summed E-state index contributed by atoms with van der Waals surface area (Å²) >= 11 is 5.71. The number of nitrogens with one attached hydrogen (secondary N) is 1. The number of alkyl halides is 4. The highest BCUT2D eigenvalue weighted by Gasteiger charge is 2.40. The topological polar surface area (TPSA) is 37.8 Å². The molecule has 0 radical (unpaired) electrons. The Morgan fingerprint density at radius 2 is 2.06 bits per heavy atom. The first-order valence-electron chi connectivity index (χ1n) is 5.33. The molecule has 1 aliphatic rings. The van der Waals surface area contributed by atoms with Crippen molar-refractivity contribution in [3.63, 3.8) is 0 Å². The van der Waals surface area contributed by atoms with Crippen molar-refractivity contribution in [2.24, 2.45) is 0 Å². The van der Waals surface area contributed by atoms with Crippen molar-refractivity contribution >= 4 is 17.4 Å². The Bertz CT molecular complexity index is 437. The number of halogens is 5. The third-order valence-electron chi connectivity index (χ3n) is 2.48. The van der Waals surface area contributed by atoms with Crippen LogP contribution >= 0.6 is 11.6 Å². The molecule has 1 aromatic heterocycles. The molecule has 1 aromatic rings. The summed E-state index contributed by atoms with van der Waals surface area (Å²) < 4.78 is 49.4. The Balaban J connectivity index is 2.05. The summed E-state index contributed by atoms with van der Waals surface area (Å²) in [6.07, 6.45) is -1.87. The predicted octanol–water partition coefficient (Wildman–Crippen LogP) is 3.32. The van der Waals surface area contributed by atoms with Crippen LogP contribution in [0.4, 0.5) is 23.4 Å². The Morgan fingerprint density at radius 1 is 1.39 bits per heavy atom. The van der Waals surface area contributed by atoms with Crippen molar-refractivity contribution in [2.75, 3.05) is 11.9 Å². The summed E-state index contributed by atoms with van der Waals surface area (Å²) in [5.41, 5.74) is 0. The van der Waals surface area contributed by atoms with E-state index in [1.54, 1.807) is 0 Å². The van der Waals surface area contributed by atoms with Crippen molar-refractivity contribution < 1.29 is 17.6 Å². The van der Waals surface area contributed by atoms with Crippen molar-refractivity contribution in [1.82, 2.24) is 9.97 Å². The van der Waals surface area contributed by atoms with Gasteiger partial charge in [-0.05, 0) is 12.8 Å². The Labute approximate surface area is 106 Å². The average molecular weight is 284 g/mol. The molecule has 18 heavy (non-hydrogen) atoms. The van der Waals surface area contributed by atoms with Gasteiger partial charge in [-0.3, -0.25) is 0 Å². The molecule has 1 heterocycles. The van der Waals surface area contributed by atoms with Crippen LogP contribution < -0.4 is 5.32 Å². The van der Waals surface area contributed by atoms with Crippen molar-refractivity contribution in [3.8, 4) is 0 Å². The normalized spacial score (nSPS) is 16.1. The standard InChI is InChI=1S/C10H10ClF4N3/c11-6-3-7(16-4-10(14,15)9(12)13)18-8(17-6)5-1-2-5/h3,5,9H,1-2,4H2,(H,16,17,18). The van der Waals surface area contributed by atoms with Crippen LogP contribution in [0.15, 0.2) is 6.07 Å². The Hall–Kier alpha value is -1.11. The third kappa shape index (κ3) is 3.22. The largest absolute Gasteiger partial charge is 0.364 e. The lowest BCUT2D eigenvalue weighted by molar-refractivity contribution is -0.117. The summed E-state index contributed by atoms with van der Waals surface area (Å²) in [6, 6.07) is 1.23. The summed E-state index contributed by atoms with van der Waals surface area (Å²) in [5.74, 6) is -3.40. The van der Waals surface area contributed by atoms with E-state index in [1.165, 1.54) is 6.07 Å². The minimum atomic E-state index is -4.10. The molecule has 2 rings (SSSR count). The molecule has 0 aromatic carbocycles. The average Bonchev–Trinajstić information content (AvgIpc) is 3.09. The van der Waals surface area contributed by atoms with Gasteiger partial charge in [0.05, 0.1) is 6.54 Å². The van der Waals surface area contributed by atoms with E-state index < -0.39 is 18.9 Å². The molecule has 1 fully saturated rings. The third-order valence-corrected chi connectivity index (χ3v) is 2.67.